The molecular formula is C17H25ClN2O2. The number of nitrogens with one attached hydrogen (secondary N) is 1. The molecule has 1 amide bonds. The van der Waals surface area contributed by atoms with Gasteiger partial charge in [-0.3, -0.25) is 4.79 Å². The highest BCUT2D eigenvalue weighted by atomic mass is 35.5. The van der Waals surface area contributed by atoms with E-state index in [0.29, 0.717) is 19.4 Å². The average Bonchev–Trinajstić information content (AvgIpc) is 2.54. The van der Waals surface area contributed by atoms with Crippen LogP contribution in [0, 0.1) is 6.92 Å². The van der Waals surface area contributed by atoms with E-state index in [1.165, 1.54) is 0 Å². The Hall–Kier alpha value is -1.26. The van der Waals surface area contributed by atoms with Crippen LogP contribution in [0.15, 0.2) is 12.1 Å². The maximum Gasteiger partial charge on any atom is 0.222 e. The number of halogens is 1. The number of aryl methyl sites for hydroxylation is 2. The Bertz CT molecular complexity index is 514. The molecule has 1 aromatic carbocycles. The van der Waals surface area contributed by atoms with Crippen LogP contribution in [0.5, 0.6) is 5.75 Å². The van der Waals surface area contributed by atoms with Crippen LogP contribution in [0.25, 0.3) is 0 Å². The van der Waals surface area contributed by atoms with E-state index >= 15 is 0 Å². The van der Waals surface area contributed by atoms with Gasteiger partial charge >= 0.3 is 0 Å². The lowest BCUT2D eigenvalue weighted by Gasteiger charge is -2.27. The molecule has 0 aliphatic carbocycles. The highest BCUT2D eigenvalue weighted by molar-refractivity contribution is 6.31. The second kappa shape index (κ2) is 8.39. The van der Waals surface area contributed by atoms with Gasteiger partial charge in [0.25, 0.3) is 0 Å². The summed E-state index contributed by atoms with van der Waals surface area (Å²) >= 11 is 6.22. The Morgan fingerprint density at radius 2 is 2.09 bits per heavy atom. The molecule has 0 aromatic heterocycles. The van der Waals surface area contributed by atoms with E-state index in [4.69, 9.17) is 16.3 Å². The van der Waals surface area contributed by atoms with Crippen molar-refractivity contribution in [3.8, 4) is 5.75 Å². The summed E-state index contributed by atoms with van der Waals surface area (Å²) in [7, 11) is 0. The van der Waals surface area contributed by atoms with Gasteiger partial charge in [-0.05, 0) is 43.0 Å². The van der Waals surface area contributed by atoms with E-state index in [1.807, 2.05) is 24.0 Å². The molecule has 1 saturated heterocycles. The first-order chi connectivity index (χ1) is 10.6. The van der Waals surface area contributed by atoms with Gasteiger partial charge in [-0.25, -0.2) is 0 Å². The molecule has 0 bridgehead atoms. The van der Waals surface area contributed by atoms with Gasteiger partial charge in [0.15, 0.2) is 0 Å². The molecule has 0 unspecified atom stereocenters. The number of hydrogen-bond acceptors (Lipinski definition) is 3. The minimum absolute atomic E-state index is 0.208. The third kappa shape index (κ3) is 4.62. The van der Waals surface area contributed by atoms with Gasteiger partial charge in [0.05, 0.1) is 6.61 Å². The third-order valence-corrected chi connectivity index (χ3v) is 4.29. The van der Waals surface area contributed by atoms with E-state index in [-0.39, 0.29) is 5.91 Å². The van der Waals surface area contributed by atoms with Gasteiger partial charge in [-0.2, -0.15) is 0 Å². The number of benzene rings is 1. The fraction of sp³-hybridized carbons (Fsp3) is 0.588. The molecule has 1 N–H and O–H groups in total. The number of piperazine rings is 1. The Morgan fingerprint density at radius 1 is 1.36 bits per heavy atom. The molecule has 122 valence electrons. The van der Waals surface area contributed by atoms with Gasteiger partial charge < -0.3 is 15.0 Å². The Balaban J connectivity index is 2.01. The van der Waals surface area contributed by atoms with Crippen molar-refractivity contribution in [1.29, 1.82) is 0 Å². The van der Waals surface area contributed by atoms with Crippen LogP contribution in [0.4, 0.5) is 0 Å². The number of hydrogen-bond donors (Lipinski definition) is 1. The van der Waals surface area contributed by atoms with Crippen molar-refractivity contribution in [3.63, 3.8) is 0 Å². The monoisotopic (exact) mass is 324 g/mol. The van der Waals surface area contributed by atoms with Crippen molar-refractivity contribution >= 4 is 17.5 Å². The summed E-state index contributed by atoms with van der Waals surface area (Å²) < 4.78 is 5.81. The van der Waals surface area contributed by atoms with Crippen molar-refractivity contribution in [2.24, 2.45) is 0 Å². The van der Waals surface area contributed by atoms with Crippen LogP contribution in [-0.4, -0.2) is 43.6 Å². The van der Waals surface area contributed by atoms with Crippen molar-refractivity contribution in [2.75, 3.05) is 32.8 Å². The predicted molar refractivity (Wildman–Crippen MR) is 89.7 cm³/mol. The summed E-state index contributed by atoms with van der Waals surface area (Å²) in [5.74, 6) is 1.07. The molecule has 1 fully saturated rings. The molecule has 1 aliphatic heterocycles. The van der Waals surface area contributed by atoms with Gasteiger partial charge in [0.2, 0.25) is 5.91 Å². The SMILES string of the molecule is CCCOc1cc(C)c(Cl)cc1CCC(=O)N1CCNCC1. The number of carbonyl (C=O) groups excluding carboxylic acids is 1. The van der Waals surface area contributed by atoms with Crippen LogP contribution in [0.2, 0.25) is 5.02 Å². The molecule has 1 aromatic rings. The number of rotatable bonds is 6. The number of amides is 1. The quantitative estimate of drug-likeness (QED) is 0.875. The maximum absolute atomic E-state index is 12.3. The molecule has 2 rings (SSSR count). The average molecular weight is 325 g/mol. The molecule has 22 heavy (non-hydrogen) atoms. The van der Waals surface area contributed by atoms with Gasteiger partial charge in [0.1, 0.15) is 5.75 Å². The lowest BCUT2D eigenvalue weighted by Crippen LogP contribution is -2.46. The lowest BCUT2D eigenvalue weighted by molar-refractivity contribution is -0.131. The standard InChI is InChI=1S/C17H25ClN2O2/c1-3-10-22-16-11-13(2)15(18)12-14(16)4-5-17(21)20-8-6-19-7-9-20/h11-12,19H,3-10H2,1-2H3. The molecule has 1 heterocycles. The van der Waals surface area contributed by atoms with Crippen molar-refractivity contribution in [3.05, 3.63) is 28.3 Å². The molecule has 0 saturated carbocycles. The summed E-state index contributed by atoms with van der Waals surface area (Å²) in [5, 5.41) is 3.99. The van der Waals surface area contributed by atoms with Crippen LogP contribution in [0.3, 0.4) is 0 Å². The summed E-state index contributed by atoms with van der Waals surface area (Å²) in [5.41, 5.74) is 2.03. The smallest absolute Gasteiger partial charge is 0.222 e. The molecular weight excluding hydrogens is 300 g/mol. The zero-order chi connectivity index (χ0) is 15.9. The van der Waals surface area contributed by atoms with Crippen molar-refractivity contribution in [2.45, 2.75) is 33.1 Å². The van der Waals surface area contributed by atoms with Gasteiger partial charge in [-0.1, -0.05) is 18.5 Å². The van der Waals surface area contributed by atoms with Crippen LogP contribution in [-0.2, 0) is 11.2 Å². The second-order valence-electron chi connectivity index (χ2n) is 5.69. The molecule has 0 radical (unpaired) electrons. The Kier molecular flexibility index (Phi) is 6.52. The second-order valence-corrected chi connectivity index (χ2v) is 6.10. The topological polar surface area (TPSA) is 41.6 Å². The van der Waals surface area contributed by atoms with E-state index in [9.17, 15) is 4.79 Å². The minimum atomic E-state index is 0.208. The zero-order valence-corrected chi connectivity index (χ0v) is 14.2. The molecule has 0 spiro atoms. The molecule has 5 heteroatoms. The first kappa shape index (κ1) is 17.1. The molecule has 1 aliphatic rings. The Labute approximate surface area is 137 Å². The molecule has 4 nitrogen and oxygen atoms in total. The van der Waals surface area contributed by atoms with Gasteiger partial charge in [0, 0.05) is 37.6 Å². The predicted octanol–water partition coefficient (Wildman–Crippen LogP) is 2.80. The lowest BCUT2D eigenvalue weighted by atomic mass is 10.1. The first-order valence-corrected chi connectivity index (χ1v) is 8.40. The maximum atomic E-state index is 12.3. The van der Waals surface area contributed by atoms with E-state index in [2.05, 4.69) is 12.2 Å². The zero-order valence-electron chi connectivity index (χ0n) is 13.5. The summed E-state index contributed by atoms with van der Waals surface area (Å²) in [6, 6.07) is 3.91. The van der Waals surface area contributed by atoms with Gasteiger partial charge in [-0.15, -0.1) is 0 Å². The summed E-state index contributed by atoms with van der Waals surface area (Å²) in [6.45, 7) is 8.09. The highest BCUT2D eigenvalue weighted by Crippen LogP contribution is 2.28. The van der Waals surface area contributed by atoms with Crippen molar-refractivity contribution < 1.29 is 9.53 Å². The van der Waals surface area contributed by atoms with Crippen molar-refractivity contribution in [1.82, 2.24) is 10.2 Å². The largest absolute Gasteiger partial charge is 0.493 e. The summed E-state index contributed by atoms with van der Waals surface area (Å²) in [6.07, 6.45) is 2.13. The van der Waals surface area contributed by atoms with E-state index in [0.717, 1.165) is 54.5 Å². The van der Waals surface area contributed by atoms with E-state index < -0.39 is 0 Å². The van der Waals surface area contributed by atoms with E-state index in [1.54, 1.807) is 0 Å². The minimum Gasteiger partial charge on any atom is -0.493 e. The third-order valence-electron chi connectivity index (χ3n) is 3.88. The number of nitrogens with zero attached hydrogens (tertiary/aromatic N) is 1. The Morgan fingerprint density at radius 3 is 2.77 bits per heavy atom. The van der Waals surface area contributed by atoms with Crippen LogP contribution < -0.4 is 10.1 Å². The summed E-state index contributed by atoms with van der Waals surface area (Å²) in [4.78, 5) is 14.2. The fourth-order valence-corrected chi connectivity index (χ4v) is 2.74. The number of ether oxygens (including phenoxy) is 1. The first-order valence-electron chi connectivity index (χ1n) is 8.02. The highest BCUT2D eigenvalue weighted by Gasteiger charge is 2.17. The molecule has 0 atom stereocenters. The van der Waals surface area contributed by atoms with Crippen LogP contribution >= 0.6 is 11.6 Å². The van der Waals surface area contributed by atoms with Crippen LogP contribution in [0.1, 0.15) is 30.9 Å². The number of carbonyl (C=O) groups is 1. The fourth-order valence-electron chi connectivity index (χ4n) is 2.55. The normalized spacial score (nSPS) is 15.0.